The van der Waals surface area contributed by atoms with Gasteiger partial charge < -0.3 is 4.90 Å². The van der Waals surface area contributed by atoms with Gasteiger partial charge in [-0.2, -0.15) is 10.0 Å². The summed E-state index contributed by atoms with van der Waals surface area (Å²) in [5, 5.41) is 7.09. The maximum Gasteiger partial charge on any atom is 0.269 e. The van der Waals surface area contributed by atoms with Crippen molar-refractivity contribution >= 4 is 17.5 Å². The van der Waals surface area contributed by atoms with Gasteiger partial charge in [0.1, 0.15) is 12.3 Å². The lowest BCUT2D eigenvalue weighted by atomic mass is 9.85. The number of amides is 2. The van der Waals surface area contributed by atoms with Crippen LogP contribution in [0.1, 0.15) is 61.1 Å². The molecule has 1 aliphatic carbocycles. The molecule has 2 amide bonds. The van der Waals surface area contributed by atoms with Crippen LogP contribution in [-0.2, 0) is 16.1 Å². The topological polar surface area (TPSA) is 91.2 Å². The van der Waals surface area contributed by atoms with Gasteiger partial charge in [-0.25, -0.2) is 5.43 Å². The van der Waals surface area contributed by atoms with Gasteiger partial charge in [0.15, 0.2) is 0 Å². The van der Waals surface area contributed by atoms with Gasteiger partial charge in [0, 0.05) is 19.0 Å². The summed E-state index contributed by atoms with van der Waals surface area (Å²) in [6.45, 7) is 6.23. The Morgan fingerprint density at radius 1 is 1.12 bits per heavy atom. The molecule has 1 saturated carbocycles. The lowest BCUT2D eigenvalue weighted by Crippen LogP contribution is -2.42. The third kappa shape index (κ3) is 5.30. The van der Waals surface area contributed by atoms with E-state index in [0.29, 0.717) is 19.0 Å². The van der Waals surface area contributed by atoms with Crippen LogP contribution in [0.5, 0.6) is 0 Å². The monoisotopic (exact) mass is 458 g/mol. The highest BCUT2D eigenvalue weighted by Gasteiger charge is 2.29. The van der Waals surface area contributed by atoms with Crippen molar-refractivity contribution in [3.05, 3.63) is 76.7 Å². The van der Waals surface area contributed by atoms with Gasteiger partial charge in [-0.05, 0) is 78.5 Å². The molecule has 1 aliphatic heterocycles. The quantitative estimate of drug-likeness (QED) is 0.264. The van der Waals surface area contributed by atoms with E-state index in [1.165, 1.54) is 24.0 Å². The van der Waals surface area contributed by atoms with Crippen molar-refractivity contribution in [2.75, 3.05) is 13.1 Å². The number of hydrogen-bond acceptors (Lipinski definition) is 5. The van der Waals surface area contributed by atoms with Crippen molar-refractivity contribution < 1.29 is 9.59 Å². The van der Waals surface area contributed by atoms with Crippen molar-refractivity contribution in [3.8, 4) is 11.1 Å². The molecule has 7 heteroatoms. The van der Waals surface area contributed by atoms with Gasteiger partial charge in [-0.3, -0.25) is 9.59 Å². The summed E-state index contributed by atoms with van der Waals surface area (Å²) in [5.74, 6) is 0.0671. The number of nitrogens with one attached hydrogen (secondary N) is 1. The second-order valence-electron chi connectivity index (χ2n) is 9.03. The number of hydrazone groups is 1. The molecule has 0 bridgehead atoms. The summed E-state index contributed by atoms with van der Waals surface area (Å²) in [6, 6.07) is 14.8. The molecule has 1 N–H and O–H groups in total. The van der Waals surface area contributed by atoms with Crippen molar-refractivity contribution in [1.82, 2.24) is 10.3 Å². The van der Waals surface area contributed by atoms with Crippen LogP contribution in [-0.4, -0.2) is 35.5 Å². The number of likely N-dealkylation sites (tertiary alicyclic amines) is 1. The molecule has 1 heterocycles. The molecule has 1 unspecified atom stereocenters. The predicted octanol–water partition coefficient (Wildman–Crippen LogP) is 4.88. The molecule has 0 aromatic heterocycles. The fourth-order valence-corrected chi connectivity index (χ4v) is 4.76. The Morgan fingerprint density at radius 3 is 2.65 bits per heavy atom. The largest absolute Gasteiger partial charge is 0.337 e. The van der Waals surface area contributed by atoms with Crippen LogP contribution in [0, 0.1) is 4.91 Å². The number of rotatable bonds is 8. The normalized spacial score (nSPS) is 18.3. The van der Waals surface area contributed by atoms with Crippen molar-refractivity contribution in [2.24, 2.45) is 10.3 Å². The summed E-state index contributed by atoms with van der Waals surface area (Å²) < 4.78 is 0. The van der Waals surface area contributed by atoms with Gasteiger partial charge >= 0.3 is 0 Å². The SMILES string of the molecule is C=CC(=O)N/N=C(\C)C(=O)N1CCCC(c2ccc(-c3ccccc3C3CC3)cc2CN=O)C1. The zero-order chi connectivity index (χ0) is 24.1. The molecule has 2 aromatic rings. The number of piperidine rings is 1. The first-order valence-corrected chi connectivity index (χ1v) is 11.8. The third-order valence-corrected chi connectivity index (χ3v) is 6.64. The van der Waals surface area contributed by atoms with Crippen molar-refractivity contribution in [3.63, 3.8) is 0 Å². The Morgan fingerprint density at radius 2 is 1.91 bits per heavy atom. The van der Waals surface area contributed by atoms with E-state index in [2.05, 4.69) is 64.7 Å². The lowest BCUT2D eigenvalue weighted by molar-refractivity contribution is -0.125. The zero-order valence-electron chi connectivity index (χ0n) is 19.5. The minimum absolute atomic E-state index is 0.104. The molecule has 0 radical (unpaired) electrons. The average molecular weight is 459 g/mol. The van der Waals surface area contributed by atoms with Crippen LogP contribution in [0.3, 0.4) is 0 Å². The third-order valence-electron chi connectivity index (χ3n) is 6.64. The van der Waals surface area contributed by atoms with E-state index >= 15 is 0 Å². The summed E-state index contributed by atoms with van der Waals surface area (Å²) in [6.07, 6.45) is 5.33. The molecule has 2 aromatic carbocycles. The first-order chi connectivity index (χ1) is 16.5. The number of carbonyl (C=O) groups is 2. The molecule has 2 fully saturated rings. The number of nitroso groups, excluding NO2 is 1. The van der Waals surface area contributed by atoms with Gasteiger partial charge in [0.05, 0.1) is 0 Å². The number of nitrogens with zero attached hydrogens (tertiary/aromatic N) is 3. The molecule has 1 atom stereocenters. The standard InChI is InChI=1S/C27H30N4O3/c1-3-26(32)30-29-18(2)27(33)31-14-6-7-21(17-31)23-13-12-20(15-22(23)16-28-34)25-9-5-4-8-24(25)19-10-11-19/h3-5,8-9,12-13,15,19,21H,1,6-7,10-11,14,16-17H2,2H3,(H,30,32)/b29-18+. The second kappa shape index (κ2) is 10.5. The Hall–Kier alpha value is -3.61. The Kier molecular flexibility index (Phi) is 7.30. The minimum atomic E-state index is -0.460. The van der Waals surface area contributed by atoms with Gasteiger partial charge in [-0.15, -0.1) is 0 Å². The number of benzene rings is 2. The van der Waals surface area contributed by atoms with Crippen LogP contribution < -0.4 is 5.43 Å². The first kappa shape index (κ1) is 23.5. The maximum absolute atomic E-state index is 12.9. The van der Waals surface area contributed by atoms with E-state index < -0.39 is 5.91 Å². The summed E-state index contributed by atoms with van der Waals surface area (Å²) in [5.41, 5.74) is 8.20. The molecule has 34 heavy (non-hydrogen) atoms. The Labute approximate surface area is 199 Å². The van der Waals surface area contributed by atoms with Crippen molar-refractivity contribution in [2.45, 2.75) is 51.0 Å². The van der Waals surface area contributed by atoms with Crippen LogP contribution >= 0.6 is 0 Å². The molecule has 176 valence electrons. The van der Waals surface area contributed by atoms with Crippen molar-refractivity contribution in [1.29, 1.82) is 0 Å². The van der Waals surface area contributed by atoms with Crippen LogP contribution in [0.15, 0.2) is 65.4 Å². The van der Waals surface area contributed by atoms with Crippen LogP contribution in [0.4, 0.5) is 0 Å². The Bertz CT molecular complexity index is 1140. The van der Waals surface area contributed by atoms with E-state index in [0.717, 1.165) is 35.6 Å². The van der Waals surface area contributed by atoms with Gasteiger partial charge in [-0.1, -0.05) is 48.2 Å². The summed E-state index contributed by atoms with van der Waals surface area (Å²) >= 11 is 0. The molecular formula is C27H30N4O3. The maximum atomic E-state index is 12.9. The molecule has 1 saturated heterocycles. The van der Waals surface area contributed by atoms with E-state index in [4.69, 9.17) is 0 Å². The van der Waals surface area contributed by atoms with Crippen LogP contribution in [0.2, 0.25) is 0 Å². The Balaban J connectivity index is 1.56. The summed E-state index contributed by atoms with van der Waals surface area (Å²) in [4.78, 5) is 37.3. The first-order valence-electron chi connectivity index (χ1n) is 11.8. The zero-order valence-corrected chi connectivity index (χ0v) is 19.5. The highest BCUT2D eigenvalue weighted by Crippen LogP contribution is 2.44. The smallest absolute Gasteiger partial charge is 0.269 e. The van der Waals surface area contributed by atoms with E-state index in [9.17, 15) is 14.5 Å². The molecule has 2 aliphatic rings. The fourth-order valence-electron chi connectivity index (χ4n) is 4.76. The summed E-state index contributed by atoms with van der Waals surface area (Å²) in [7, 11) is 0. The molecule has 7 nitrogen and oxygen atoms in total. The second-order valence-corrected chi connectivity index (χ2v) is 9.03. The number of carbonyl (C=O) groups excluding carboxylic acids is 2. The minimum Gasteiger partial charge on any atom is -0.337 e. The van der Waals surface area contributed by atoms with Gasteiger partial charge in [0.2, 0.25) is 0 Å². The molecule has 4 rings (SSSR count). The fraction of sp³-hybridized carbons (Fsp3) is 0.370. The van der Waals surface area contributed by atoms with E-state index in [1.54, 1.807) is 11.8 Å². The average Bonchev–Trinajstić information content (AvgIpc) is 3.72. The molecule has 0 spiro atoms. The van der Waals surface area contributed by atoms with Gasteiger partial charge in [0.25, 0.3) is 11.8 Å². The van der Waals surface area contributed by atoms with E-state index in [1.807, 2.05) is 0 Å². The van der Waals surface area contributed by atoms with E-state index in [-0.39, 0.29) is 24.1 Å². The van der Waals surface area contributed by atoms with Crippen LogP contribution in [0.25, 0.3) is 11.1 Å². The molecular weight excluding hydrogens is 428 g/mol. The highest BCUT2D eigenvalue weighted by molar-refractivity contribution is 6.37. The number of hydrogen-bond donors (Lipinski definition) is 1. The predicted molar refractivity (Wildman–Crippen MR) is 133 cm³/mol. The lowest BCUT2D eigenvalue weighted by Gasteiger charge is -2.34. The highest BCUT2D eigenvalue weighted by atomic mass is 16.3.